The Morgan fingerprint density at radius 3 is 2.60 bits per heavy atom. The first-order chi connectivity index (χ1) is 9.65. The third kappa shape index (κ3) is 2.51. The molecule has 20 heavy (non-hydrogen) atoms. The molecule has 0 spiro atoms. The van der Waals surface area contributed by atoms with E-state index in [0.29, 0.717) is 9.50 Å². The van der Waals surface area contributed by atoms with E-state index in [9.17, 15) is 9.50 Å². The molecule has 0 radical (unpaired) electrons. The van der Waals surface area contributed by atoms with Crippen LogP contribution in [-0.2, 0) is 0 Å². The van der Waals surface area contributed by atoms with Gasteiger partial charge in [0, 0.05) is 21.0 Å². The number of nitrogens with zero attached hydrogens (tertiary/aromatic N) is 1. The molecule has 1 aromatic heterocycles. The maximum absolute atomic E-state index is 13.9. The van der Waals surface area contributed by atoms with Crippen LogP contribution >= 0.6 is 27.7 Å². The lowest BCUT2D eigenvalue weighted by atomic mass is 10.1. The van der Waals surface area contributed by atoms with E-state index in [1.54, 1.807) is 18.3 Å². The number of hydrogen-bond donors (Lipinski definition) is 1. The normalized spacial score (nSPS) is 10.9. The molecule has 5 heteroatoms. The van der Waals surface area contributed by atoms with Crippen molar-refractivity contribution in [2.45, 2.75) is 9.92 Å². The number of fused-ring (bicyclic) bond motifs is 1. The van der Waals surface area contributed by atoms with Crippen LogP contribution in [0.4, 0.5) is 4.39 Å². The molecule has 0 unspecified atom stereocenters. The number of halogens is 2. The van der Waals surface area contributed by atoms with Gasteiger partial charge in [-0.15, -0.1) is 0 Å². The van der Waals surface area contributed by atoms with Gasteiger partial charge in [-0.05, 0) is 39.5 Å². The van der Waals surface area contributed by atoms with Crippen molar-refractivity contribution in [3.05, 3.63) is 59.0 Å². The Morgan fingerprint density at radius 1 is 1.10 bits per heavy atom. The summed E-state index contributed by atoms with van der Waals surface area (Å²) in [4.78, 5) is 4.93. The zero-order valence-electron chi connectivity index (χ0n) is 10.2. The molecule has 0 saturated carbocycles. The van der Waals surface area contributed by atoms with Crippen LogP contribution in [0.2, 0.25) is 0 Å². The summed E-state index contributed by atoms with van der Waals surface area (Å²) in [7, 11) is 0. The maximum Gasteiger partial charge on any atom is 0.156 e. The molecule has 0 aliphatic rings. The molecule has 1 N–H and O–H groups in total. The minimum atomic E-state index is -0.374. The molecule has 0 aliphatic heterocycles. The van der Waals surface area contributed by atoms with Gasteiger partial charge in [0.1, 0.15) is 10.8 Å². The fraction of sp³-hybridized carbons (Fsp3) is 0. The third-order valence-electron chi connectivity index (χ3n) is 2.84. The van der Waals surface area contributed by atoms with Crippen molar-refractivity contribution in [2.75, 3.05) is 0 Å². The Morgan fingerprint density at radius 2 is 1.85 bits per heavy atom. The standard InChI is InChI=1S/C15H9BrFNOS/c16-9-7-12(17)15(18-8-9)20-14-6-5-13(19)10-3-1-2-4-11(10)14/h1-8,19H. The summed E-state index contributed by atoms with van der Waals surface area (Å²) in [6, 6.07) is 12.2. The summed E-state index contributed by atoms with van der Waals surface area (Å²) < 4.78 is 14.5. The van der Waals surface area contributed by atoms with Gasteiger partial charge in [0.25, 0.3) is 0 Å². The lowest BCUT2D eigenvalue weighted by molar-refractivity contribution is 0.481. The van der Waals surface area contributed by atoms with Gasteiger partial charge in [0.05, 0.1) is 0 Å². The predicted molar refractivity (Wildman–Crippen MR) is 81.6 cm³/mol. The largest absolute Gasteiger partial charge is 0.507 e. The third-order valence-corrected chi connectivity index (χ3v) is 4.35. The lowest BCUT2D eigenvalue weighted by Crippen LogP contribution is -1.87. The second kappa shape index (κ2) is 5.42. The highest BCUT2D eigenvalue weighted by molar-refractivity contribution is 9.10. The number of aromatic nitrogens is 1. The van der Waals surface area contributed by atoms with E-state index in [0.717, 1.165) is 15.7 Å². The number of phenolic OH excluding ortho intramolecular Hbond substituents is 1. The second-order valence-corrected chi connectivity index (χ2v) is 6.12. The molecule has 100 valence electrons. The van der Waals surface area contributed by atoms with Crippen molar-refractivity contribution in [3.8, 4) is 5.75 Å². The van der Waals surface area contributed by atoms with E-state index in [4.69, 9.17) is 0 Å². The molecule has 0 saturated heterocycles. The van der Waals surface area contributed by atoms with Crippen LogP contribution in [0, 0.1) is 5.82 Å². The molecular weight excluding hydrogens is 341 g/mol. The lowest BCUT2D eigenvalue weighted by Gasteiger charge is -2.08. The molecule has 0 amide bonds. The molecular formula is C15H9BrFNOS. The first-order valence-electron chi connectivity index (χ1n) is 5.85. The van der Waals surface area contributed by atoms with Gasteiger partial charge in [-0.2, -0.15) is 0 Å². The summed E-state index contributed by atoms with van der Waals surface area (Å²) in [6.45, 7) is 0. The Hall–Kier alpha value is -1.59. The summed E-state index contributed by atoms with van der Waals surface area (Å²) in [5, 5.41) is 11.8. The second-order valence-electron chi connectivity index (χ2n) is 4.17. The first kappa shape index (κ1) is 13.4. The Bertz CT molecular complexity index is 794. The fourth-order valence-electron chi connectivity index (χ4n) is 1.93. The number of benzene rings is 2. The van der Waals surface area contributed by atoms with Crippen molar-refractivity contribution in [2.24, 2.45) is 0 Å². The van der Waals surface area contributed by atoms with E-state index >= 15 is 0 Å². The smallest absolute Gasteiger partial charge is 0.156 e. The Labute approximate surface area is 127 Å². The predicted octanol–water partition coefficient (Wildman–Crippen LogP) is 4.99. The molecule has 0 atom stereocenters. The average molecular weight is 350 g/mol. The molecule has 0 fully saturated rings. The van der Waals surface area contributed by atoms with E-state index < -0.39 is 0 Å². The van der Waals surface area contributed by atoms with Crippen molar-refractivity contribution in [3.63, 3.8) is 0 Å². The summed E-state index contributed by atoms with van der Waals surface area (Å²) >= 11 is 4.43. The zero-order valence-corrected chi connectivity index (χ0v) is 12.6. The first-order valence-corrected chi connectivity index (χ1v) is 7.46. The Balaban J connectivity index is 2.09. The summed E-state index contributed by atoms with van der Waals surface area (Å²) in [5.74, 6) is -0.157. The van der Waals surface area contributed by atoms with Crippen LogP contribution in [-0.4, -0.2) is 10.1 Å². The van der Waals surface area contributed by atoms with Crippen LogP contribution in [0.3, 0.4) is 0 Å². The van der Waals surface area contributed by atoms with Gasteiger partial charge in [0.2, 0.25) is 0 Å². The minimum Gasteiger partial charge on any atom is -0.507 e. The highest BCUT2D eigenvalue weighted by atomic mass is 79.9. The molecule has 3 aromatic rings. The van der Waals surface area contributed by atoms with Crippen LogP contribution in [0.25, 0.3) is 10.8 Å². The minimum absolute atomic E-state index is 0.217. The average Bonchev–Trinajstić information content (AvgIpc) is 2.45. The maximum atomic E-state index is 13.9. The molecule has 3 rings (SSSR count). The van der Waals surface area contributed by atoms with Gasteiger partial charge < -0.3 is 5.11 Å². The van der Waals surface area contributed by atoms with Crippen molar-refractivity contribution in [1.29, 1.82) is 0 Å². The summed E-state index contributed by atoms with van der Waals surface area (Å²) in [6.07, 6.45) is 1.56. The number of rotatable bonds is 2. The van der Waals surface area contributed by atoms with Gasteiger partial charge in [-0.25, -0.2) is 9.37 Å². The van der Waals surface area contributed by atoms with E-state index in [-0.39, 0.29) is 11.6 Å². The number of aromatic hydroxyl groups is 1. The van der Waals surface area contributed by atoms with Crippen LogP contribution in [0.15, 0.2) is 63.1 Å². The number of hydrogen-bond acceptors (Lipinski definition) is 3. The molecule has 0 bridgehead atoms. The molecule has 0 aliphatic carbocycles. The monoisotopic (exact) mass is 349 g/mol. The van der Waals surface area contributed by atoms with Gasteiger partial charge >= 0.3 is 0 Å². The van der Waals surface area contributed by atoms with Crippen molar-refractivity contribution in [1.82, 2.24) is 4.98 Å². The van der Waals surface area contributed by atoms with E-state index in [2.05, 4.69) is 20.9 Å². The van der Waals surface area contributed by atoms with Crippen molar-refractivity contribution < 1.29 is 9.50 Å². The van der Waals surface area contributed by atoms with E-state index in [1.807, 2.05) is 24.3 Å². The van der Waals surface area contributed by atoms with Crippen LogP contribution < -0.4 is 0 Å². The highest BCUT2D eigenvalue weighted by Crippen LogP contribution is 2.37. The van der Waals surface area contributed by atoms with E-state index in [1.165, 1.54) is 17.8 Å². The Kier molecular flexibility index (Phi) is 3.63. The SMILES string of the molecule is Oc1ccc(Sc2ncc(Br)cc2F)c2ccccc12. The van der Waals surface area contributed by atoms with Crippen LogP contribution in [0.1, 0.15) is 0 Å². The number of phenols is 1. The quantitative estimate of drug-likeness (QED) is 0.707. The molecule has 2 nitrogen and oxygen atoms in total. The van der Waals surface area contributed by atoms with Crippen molar-refractivity contribution >= 4 is 38.5 Å². The topological polar surface area (TPSA) is 33.1 Å². The van der Waals surface area contributed by atoms with Gasteiger partial charge in [-0.1, -0.05) is 36.0 Å². The summed E-state index contributed by atoms with van der Waals surface area (Å²) in [5.41, 5.74) is 0. The number of pyridine rings is 1. The van der Waals surface area contributed by atoms with Gasteiger partial charge in [0.15, 0.2) is 5.82 Å². The van der Waals surface area contributed by atoms with Gasteiger partial charge in [-0.3, -0.25) is 0 Å². The molecule has 2 aromatic carbocycles. The van der Waals surface area contributed by atoms with Crippen LogP contribution in [0.5, 0.6) is 5.75 Å². The highest BCUT2D eigenvalue weighted by Gasteiger charge is 2.10. The zero-order chi connectivity index (χ0) is 14.1. The fourth-order valence-corrected chi connectivity index (χ4v) is 3.12. The molecule has 1 heterocycles.